The second-order valence-electron chi connectivity index (χ2n) is 9.94. The Morgan fingerprint density at radius 3 is 2.73 bits per heavy atom. The van der Waals surface area contributed by atoms with Crippen molar-refractivity contribution >= 4 is 11.9 Å². The van der Waals surface area contributed by atoms with Gasteiger partial charge in [0.1, 0.15) is 11.7 Å². The highest BCUT2D eigenvalue weighted by molar-refractivity contribution is 5.97. The van der Waals surface area contributed by atoms with Gasteiger partial charge in [-0.15, -0.1) is 0 Å². The number of ether oxygens (including phenoxy) is 1. The van der Waals surface area contributed by atoms with Gasteiger partial charge in [-0.3, -0.25) is 14.6 Å². The molecule has 1 aliphatic heterocycles. The molecule has 3 rings (SSSR count). The number of carbonyl (C=O) groups is 2. The van der Waals surface area contributed by atoms with Gasteiger partial charge in [-0.2, -0.15) is 0 Å². The maximum absolute atomic E-state index is 13.5. The highest BCUT2D eigenvalue weighted by atomic mass is 16.5. The van der Waals surface area contributed by atoms with E-state index in [1.54, 1.807) is 35.4 Å². The summed E-state index contributed by atoms with van der Waals surface area (Å²) in [6, 6.07) is 8.20. The molecule has 2 N–H and O–H groups in total. The minimum Gasteiger partial charge on any atom is -0.478 e. The number of fused-ring (bicyclic) bond motifs is 1. The van der Waals surface area contributed by atoms with Crippen molar-refractivity contribution in [3.63, 3.8) is 0 Å². The minimum absolute atomic E-state index is 0.0553. The Morgan fingerprint density at radius 2 is 2.05 bits per heavy atom. The molecular weight excluding hydrogens is 472 g/mol. The van der Waals surface area contributed by atoms with Gasteiger partial charge in [-0.25, -0.2) is 9.78 Å². The zero-order valence-electron chi connectivity index (χ0n) is 22.1. The highest BCUT2D eigenvalue weighted by Crippen LogP contribution is 2.27. The number of amides is 1. The van der Waals surface area contributed by atoms with E-state index >= 15 is 0 Å². The van der Waals surface area contributed by atoms with Crippen molar-refractivity contribution in [2.24, 2.45) is 5.92 Å². The highest BCUT2D eigenvalue weighted by Gasteiger charge is 2.34. The first kappa shape index (κ1) is 28.1. The molecule has 0 aliphatic carbocycles. The number of aromatic nitrogens is 1. The maximum Gasteiger partial charge on any atom is 0.335 e. The molecule has 2 aromatic rings. The average molecular weight is 509 g/mol. The minimum atomic E-state index is -0.960. The summed E-state index contributed by atoms with van der Waals surface area (Å²) in [4.78, 5) is 35.0. The lowest BCUT2D eigenvalue weighted by atomic mass is 9.99. The number of hydrogen-bond acceptors (Lipinski definition) is 7. The monoisotopic (exact) mass is 508 g/mol. The van der Waals surface area contributed by atoms with Crippen molar-refractivity contribution < 1.29 is 24.5 Å². The van der Waals surface area contributed by atoms with E-state index in [2.05, 4.69) is 21.7 Å². The van der Waals surface area contributed by atoms with Gasteiger partial charge in [-0.05, 0) is 51.8 Å². The Hall–Kier alpha value is -3.45. The number of nitrogens with zero attached hydrogens (tertiary/aromatic N) is 4. The third-order valence-electron chi connectivity index (χ3n) is 6.27. The van der Waals surface area contributed by atoms with Gasteiger partial charge in [0.25, 0.3) is 5.91 Å². The number of aliphatic hydroxyl groups excluding tert-OH is 1. The molecule has 0 spiro atoms. The molecule has 0 bridgehead atoms. The Kier molecular flexibility index (Phi) is 9.64. The van der Waals surface area contributed by atoms with Crippen molar-refractivity contribution in [2.75, 3.05) is 47.4 Å². The van der Waals surface area contributed by atoms with E-state index in [4.69, 9.17) is 4.74 Å². The fourth-order valence-electron chi connectivity index (χ4n) is 4.17. The Labute approximate surface area is 218 Å². The first-order chi connectivity index (χ1) is 17.6. The molecular formula is C28H36N4O5. The topological polar surface area (TPSA) is 106 Å². The van der Waals surface area contributed by atoms with Crippen molar-refractivity contribution in [2.45, 2.75) is 32.5 Å². The summed E-state index contributed by atoms with van der Waals surface area (Å²) in [6.07, 6.45) is 1.31. The smallest absolute Gasteiger partial charge is 0.335 e. The molecule has 0 unspecified atom stereocenters. The number of aromatic carboxylic acids is 1. The summed E-state index contributed by atoms with van der Waals surface area (Å²) in [5.74, 6) is 5.10. The normalized spacial score (nSPS) is 18.4. The summed E-state index contributed by atoms with van der Waals surface area (Å²) < 4.78 is 6.34. The Balaban J connectivity index is 1.88. The van der Waals surface area contributed by atoms with Crippen LogP contribution < -0.4 is 4.74 Å². The van der Waals surface area contributed by atoms with E-state index < -0.39 is 5.97 Å². The van der Waals surface area contributed by atoms with Crippen LogP contribution in [-0.2, 0) is 6.54 Å². The van der Waals surface area contributed by atoms with E-state index in [0.717, 1.165) is 5.56 Å². The van der Waals surface area contributed by atoms with Gasteiger partial charge in [0, 0.05) is 37.3 Å². The van der Waals surface area contributed by atoms with Crippen molar-refractivity contribution in [3.8, 4) is 17.7 Å². The number of carboxylic acids is 1. The zero-order chi connectivity index (χ0) is 27.1. The number of aliphatic hydroxyl groups is 1. The molecule has 0 saturated heterocycles. The molecule has 3 atom stereocenters. The van der Waals surface area contributed by atoms with Gasteiger partial charge in [0.15, 0.2) is 0 Å². The van der Waals surface area contributed by atoms with Gasteiger partial charge in [-0.1, -0.05) is 30.9 Å². The van der Waals surface area contributed by atoms with Crippen LogP contribution in [0.4, 0.5) is 0 Å². The Bertz CT molecular complexity index is 1170. The molecule has 1 aromatic heterocycles. The van der Waals surface area contributed by atoms with E-state index in [1.165, 1.54) is 0 Å². The second-order valence-corrected chi connectivity index (χ2v) is 9.94. The van der Waals surface area contributed by atoms with Crippen LogP contribution in [0.3, 0.4) is 0 Å². The lowest BCUT2D eigenvalue weighted by molar-refractivity contribution is 0.0324. The molecule has 9 nitrogen and oxygen atoms in total. The Morgan fingerprint density at radius 1 is 1.30 bits per heavy atom. The zero-order valence-corrected chi connectivity index (χ0v) is 22.1. The van der Waals surface area contributed by atoms with E-state index in [-0.39, 0.29) is 42.0 Å². The quantitative estimate of drug-likeness (QED) is 0.522. The van der Waals surface area contributed by atoms with Crippen LogP contribution in [0.5, 0.6) is 5.88 Å². The van der Waals surface area contributed by atoms with Gasteiger partial charge < -0.3 is 19.8 Å². The standard InChI is InChI=1S/C28H36N4O5/c1-19-15-32(20(2)18-33)27(34)24-13-21(9-7-11-30(3)4)14-29-26(24)37-25(19)17-31(5)16-22-8-6-10-23(12-22)28(35)36/h6,8,10,12-14,19-20,25,33H,11,15-18H2,1-5H3,(H,35,36)/t19-,20-,25+/m0/s1. The molecule has 0 fully saturated rings. The first-order valence-corrected chi connectivity index (χ1v) is 12.3. The van der Waals surface area contributed by atoms with E-state index in [9.17, 15) is 19.8 Å². The summed E-state index contributed by atoms with van der Waals surface area (Å²) in [7, 11) is 5.81. The fraction of sp³-hybridized carbons (Fsp3) is 0.464. The largest absolute Gasteiger partial charge is 0.478 e. The van der Waals surface area contributed by atoms with Crippen molar-refractivity contribution in [3.05, 3.63) is 58.8 Å². The number of carbonyl (C=O) groups excluding carboxylic acids is 1. The molecule has 2 heterocycles. The van der Waals surface area contributed by atoms with Gasteiger partial charge in [0.2, 0.25) is 5.88 Å². The summed E-state index contributed by atoms with van der Waals surface area (Å²) in [5, 5.41) is 19.1. The molecule has 1 aliphatic rings. The second kappa shape index (κ2) is 12.7. The first-order valence-electron chi connectivity index (χ1n) is 12.3. The number of carboxylic acid groups (broad SMARTS) is 1. The SMILES string of the molecule is C[C@H]1CN([C@@H](C)CO)C(=O)c2cc(C#CCN(C)C)cnc2O[C@@H]1CN(C)Cc1cccc(C(=O)O)c1. The van der Waals surface area contributed by atoms with Gasteiger partial charge >= 0.3 is 5.97 Å². The van der Waals surface area contributed by atoms with Crippen LogP contribution >= 0.6 is 0 Å². The van der Waals surface area contributed by atoms with E-state index in [1.807, 2.05) is 46.0 Å². The molecule has 37 heavy (non-hydrogen) atoms. The molecule has 9 heteroatoms. The lowest BCUT2D eigenvalue weighted by Gasteiger charge is -2.37. The van der Waals surface area contributed by atoms with Crippen LogP contribution in [0.15, 0.2) is 36.5 Å². The molecule has 1 amide bonds. The van der Waals surface area contributed by atoms with Crippen molar-refractivity contribution in [1.82, 2.24) is 19.7 Å². The molecule has 0 saturated carbocycles. The number of rotatable bonds is 8. The van der Waals surface area contributed by atoms with Crippen LogP contribution in [0.2, 0.25) is 0 Å². The number of pyridine rings is 1. The van der Waals surface area contributed by atoms with E-state index in [0.29, 0.717) is 37.3 Å². The maximum atomic E-state index is 13.5. The predicted molar refractivity (Wildman–Crippen MR) is 141 cm³/mol. The number of likely N-dealkylation sites (N-methyl/N-ethyl adjacent to an activating group) is 1. The molecule has 0 radical (unpaired) electrons. The predicted octanol–water partition coefficient (Wildman–Crippen LogP) is 2.04. The molecule has 1 aromatic carbocycles. The number of benzene rings is 1. The van der Waals surface area contributed by atoms with Crippen LogP contribution in [-0.4, -0.2) is 101 Å². The summed E-state index contributed by atoms with van der Waals surface area (Å²) in [5.41, 5.74) is 2.07. The molecule has 198 valence electrons. The number of hydrogen-bond donors (Lipinski definition) is 2. The average Bonchev–Trinajstić information content (AvgIpc) is 2.85. The van der Waals surface area contributed by atoms with Crippen molar-refractivity contribution in [1.29, 1.82) is 0 Å². The lowest BCUT2D eigenvalue weighted by Crippen LogP contribution is -2.49. The summed E-state index contributed by atoms with van der Waals surface area (Å²) >= 11 is 0. The summed E-state index contributed by atoms with van der Waals surface area (Å²) in [6.45, 7) is 5.72. The van der Waals surface area contributed by atoms with Crippen LogP contribution in [0.25, 0.3) is 0 Å². The van der Waals surface area contributed by atoms with Gasteiger partial charge in [0.05, 0.1) is 24.8 Å². The fourth-order valence-corrected chi connectivity index (χ4v) is 4.17. The van der Waals surface area contributed by atoms with Crippen LogP contribution in [0, 0.1) is 17.8 Å². The third kappa shape index (κ3) is 7.52. The van der Waals surface area contributed by atoms with Crippen LogP contribution in [0.1, 0.15) is 45.7 Å². The third-order valence-corrected chi connectivity index (χ3v) is 6.27.